The Morgan fingerprint density at radius 2 is 0.875 bits per heavy atom. The van der Waals surface area contributed by atoms with Crippen LogP contribution in [0.4, 0.5) is 0 Å². The Morgan fingerprint density at radius 3 is 1.27 bits per heavy atom. The van der Waals surface area contributed by atoms with E-state index < -0.39 is 17.9 Å². The van der Waals surface area contributed by atoms with E-state index in [-0.39, 0.29) is 19.3 Å². The van der Waals surface area contributed by atoms with Crippen LogP contribution < -0.4 is 5.11 Å². The number of carboxylic acid groups (broad SMARTS) is 3. The molecule has 0 aliphatic carbocycles. The lowest BCUT2D eigenvalue weighted by Crippen LogP contribution is -2.51. The number of carbonyl (C=O) groups excluding carboxylic acids is 1. The Morgan fingerprint density at radius 1 is 0.525 bits per heavy atom. The summed E-state index contributed by atoms with van der Waals surface area (Å²) in [5.74, 6) is -2.57. The smallest absolute Gasteiger partial charge is 0.303 e. The Labute approximate surface area is 245 Å². The van der Waals surface area contributed by atoms with Gasteiger partial charge in [-0.25, -0.2) is 0 Å². The van der Waals surface area contributed by atoms with E-state index in [4.69, 9.17) is 10.2 Å². The molecule has 0 rings (SSSR count). The summed E-state index contributed by atoms with van der Waals surface area (Å²) in [6, 6.07) is 0. The second kappa shape index (κ2) is 27.3. The first-order chi connectivity index (χ1) is 19.3. The van der Waals surface area contributed by atoms with E-state index in [1.807, 2.05) is 0 Å². The standard InChI is InChI=1S/C33H61NO6/c1-2-3-4-5-6-7-8-9-10-11-12-13-14-15-16-20-27-34(28-21-17-24-31(35)36,29-22-18-25-32(37)38)30-23-19-26-33(39)40/h4-5H,2-3,6-30H2,1H3,(H2-,35,36,37,38,39,40)/b5-4+. The number of hydrogen-bond acceptors (Lipinski definition) is 4. The summed E-state index contributed by atoms with van der Waals surface area (Å²) in [5.41, 5.74) is 0. The van der Waals surface area contributed by atoms with Gasteiger partial charge in [-0.3, -0.25) is 9.59 Å². The van der Waals surface area contributed by atoms with Crippen LogP contribution in [-0.4, -0.2) is 58.8 Å². The lowest BCUT2D eigenvalue weighted by atomic mass is 10.0. The van der Waals surface area contributed by atoms with Gasteiger partial charge in [-0.15, -0.1) is 0 Å². The molecule has 234 valence electrons. The van der Waals surface area contributed by atoms with Crippen molar-refractivity contribution in [1.29, 1.82) is 0 Å². The maximum Gasteiger partial charge on any atom is 0.303 e. The molecule has 0 saturated heterocycles. The van der Waals surface area contributed by atoms with Gasteiger partial charge in [0.25, 0.3) is 0 Å². The lowest BCUT2D eigenvalue weighted by molar-refractivity contribution is -0.929. The first-order valence-electron chi connectivity index (χ1n) is 16.4. The summed E-state index contributed by atoms with van der Waals surface area (Å²) in [4.78, 5) is 32.9. The predicted octanol–water partition coefficient (Wildman–Crippen LogP) is 7.27. The van der Waals surface area contributed by atoms with E-state index in [2.05, 4.69) is 19.1 Å². The Kier molecular flexibility index (Phi) is 26.0. The van der Waals surface area contributed by atoms with Crippen molar-refractivity contribution in [3.05, 3.63) is 12.2 Å². The van der Waals surface area contributed by atoms with Gasteiger partial charge in [0.2, 0.25) is 0 Å². The second-order valence-corrected chi connectivity index (χ2v) is 11.7. The lowest BCUT2D eigenvalue weighted by Gasteiger charge is -2.39. The van der Waals surface area contributed by atoms with Gasteiger partial charge in [-0.05, 0) is 77.0 Å². The summed E-state index contributed by atoms with van der Waals surface area (Å²) in [5, 5.41) is 28.9. The minimum atomic E-state index is -1.02. The Hall–Kier alpha value is -1.89. The number of rotatable bonds is 31. The van der Waals surface area contributed by atoms with Crippen LogP contribution in [0.15, 0.2) is 12.2 Å². The molecule has 0 fully saturated rings. The molecule has 0 saturated carbocycles. The van der Waals surface area contributed by atoms with Gasteiger partial charge in [-0.1, -0.05) is 76.9 Å². The van der Waals surface area contributed by atoms with Gasteiger partial charge in [-0.2, -0.15) is 0 Å². The minimum Gasteiger partial charge on any atom is -0.550 e. The van der Waals surface area contributed by atoms with Crippen LogP contribution >= 0.6 is 0 Å². The van der Waals surface area contributed by atoms with Crippen LogP contribution in [0.5, 0.6) is 0 Å². The Balaban J connectivity index is 4.42. The molecule has 0 aliphatic rings. The van der Waals surface area contributed by atoms with Crippen molar-refractivity contribution in [1.82, 2.24) is 0 Å². The third-order valence-corrected chi connectivity index (χ3v) is 7.93. The highest BCUT2D eigenvalue weighted by Gasteiger charge is 2.26. The van der Waals surface area contributed by atoms with Crippen molar-refractivity contribution in [2.75, 3.05) is 26.2 Å². The third-order valence-electron chi connectivity index (χ3n) is 7.93. The molecule has 0 amide bonds. The number of carbonyl (C=O) groups is 3. The van der Waals surface area contributed by atoms with Gasteiger partial charge in [0.1, 0.15) is 0 Å². The number of aliphatic carboxylic acids is 3. The topological polar surface area (TPSA) is 115 Å². The number of carboxylic acids is 3. The molecule has 0 spiro atoms. The summed E-state index contributed by atoms with van der Waals surface area (Å²) in [6.07, 6.45) is 27.1. The van der Waals surface area contributed by atoms with Gasteiger partial charge in [0.05, 0.1) is 26.2 Å². The molecule has 0 aromatic heterocycles. The zero-order valence-electron chi connectivity index (χ0n) is 25.7. The monoisotopic (exact) mass is 567 g/mol. The molecule has 0 unspecified atom stereocenters. The summed E-state index contributed by atoms with van der Waals surface area (Å²) in [7, 11) is 0. The van der Waals surface area contributed by atoms with Crippen LogP contribution in [0.3, 0.4) is 0 Å². The largest absolute Gasteiger partial charge is 0.550 e. The van der Waals surface area contributed by atoms with E-state index in [0.29, 0.717) is 19.3 Å². The molecule has 0 radical (unpaired) electrons. The summed E-state index contributed by atoms with van der Waals surface area (Å²) >= 11 is 0. The molecule has 0 bridgehead atoms. The van der Waals surface area contributed by atoms with E-state index in [9.17, 15) is 19.5 Å². The van der Waals surface area contributed by atoms with E-state index in [1.54, 1.807) is 0 Å². The van der Waals surface area contributed by atoms with E-state index in [1.165, 1.54) is 83.5 Å². The third kappa shape index (κ3) is 26.3. The molecule has 0 heterocycles. The van der Waals surface area contributed by atoms with Crippen LogP contribution in [0, 0.1) is 0 Å². The average molecular weight is 568 g/mol. The van der Waals surface area contributed by atoms with Crippen molar-refractivity contribution < 1.29 is 34.2 Å². The predicted molar refractivity (Wildman–Crippen MR) is 161 cm³/mol. The molecule has 7 heteroatoms. The maximum atomic E-state index is 11.0. The van der Waals surface area contributed by atoms with Crippen LogP contribution in [-0.2, 0) is 14.4 Å². The quantitative estimate of drug-likeness (QED) is 0.0517. The highest BCUT2D eigenvalue weighted by atomic mass is 16.4. The highest BCUT2D eigenvalue weighted by Crippen LogP contribution is 2.20. The van der Waals surface area contributed by atoms with E-state index in [0.717, 1.165) is 56.3 Å². The highest BCUT2D eigenvalue weighted by molar-refractivity contribution is 5.66. The molecule has 0 aromatic carbocycles. The molecular weight excluding hydrogens is 506 g/mol. The molecule has 7 nitrogen and oxygen atoms in total. The van der Waals surface area contributed by atoms with Gasteiger partial charge >= 0.3 is 11.9 Å². The zero-order valence-corrected chi connectivity index (χ0v) is 25.7. The zero-order chi connectivity index (χ0) is 29.7. The number of allylic oxidation sites excluding steroid dienone is 2. The normalized spacial score (nSPS) is 11.8. The van der Waals surface area contributed by atoms with Crippen molar-refractivity contribution in [3.8, 4) is 0 Å². The molecule has 0 aliphatic heterocycles. The van der Waals surface area contributed by atoms with Crippen molar-refractivity contribution in [2.45, 2.75) is 155 Å². The van der Waals surface area contributed by atoms with Gasteiger partial charge in [0.15, 0.2) is 0 Å². The molecule has 0 aromatic rings. The van der Waals surface area contributed by atoms with Crippen molar-refractivity contribution in [3.63, 3.8) is 0 Å². The summed E-state index contributed by atoms with van der Waals surface area (Å²) in [6.45, 7) is 5.83. The first-order valence-corrected chi connectivity index (χ1v) is 16.4. The molecule has 2 N–H and O–H groups in total. The van der Waals surface area contributed by atoms with Crippen LogP contribution in [0.1, 0.15) is 155 Å². The SMILES string of the molecule is CCC/C=C/CCCCCCCCCCCCC[N+](CCCCC(=O)[O-])(CCCCC(=O)O)CCCCC(=O)O. The first kappa shape index (κ1) is 38.1. The van der Waals surface area contributed by atoms with Crippen LogP contribution in [0.25, 0.3) is 0 Å². The fraction of sp³-hybridized carbons (Fsp3) is 0.848. The average Bonchev–Trinajstić information content (AvgIpc) is 2.91. The molecular formula is C33H61NO6. The number of unbranched alkanes of at least 4 members (excludes halogenated alkanes) is 15. The van der Waals surface area contributed by atoms with Crippen LogP contribution in [0.2, 0.25) is 0 Å². The number of quaternary nitrogens is 1. The number of nitrogens with zero attached hydrogens (tertiary/aromatic N) is 1. The second-order valence-electron chi connectivity index (χ2n) is 11.7. The van der Waals surface area contributed by atoms with Gasteiger partial charge < -0.3 is 24.6 Å². The fourth-order valence-electron chi connectivity index (χ4n) is 5.54. The molecule has 40 heavy (non-hydrogen) atoms. The van der Waals surface area contributed by atoms with E-state index >= 15 is 0 Å². The van der Waals surface area contributed by atoms with Crippen molar-refractivity contribution in [2.24, 2.45) is 0 Å². The summed E-state index contributed by atoms with van der Waals surface area (Å²) < 4.78 is 0.848. The fourth-order valence-corrected chi connectivity index (χ4v) is 5.54. The Bertz CT molecular complexity index is 608. The maximum absolute atomic E-state index is 11.0. The molecule has 0 atom stereocenters. The minimum absolute atomic E-state index is 0.0639. The van der Waals surface area contributed by atoms with Gasteiger partial charge in [0, 0.05) is 18.8 Å². The van der Waals surface area contributed by atoms with Crippen molar-refractivity contribution >= 4 is 17.9 Å². The number of hydrogen-bond donors (Lipinski definition) is 2.